The van der Waals surface area contributed by atoms with Crippen LogP contribution in [0.15, 0.2) is 36.4 Å². The van der Waals surface area contributed by atoms with Crippen LogP contribution in [0.25, 0.3) is 0 Å². The molecule has 0 atom stereocenters. The van der Waals surface area contributed by atoms with Crippen molar-refractivity contribution in [1.82, 2.24) is 15.1 Å². The van der Waals surface area contributed by atoms with Crippen molar-refractivity contribution in [3.8, 4) is 0 Å². The largest absolute Gasteiger partial charge is 0.338 e. The summed E-state index contributed by atoms with van der Waals surface area (Å²) in [6.07, 6.45) is 0.856. The molecule has 162 valence electrons. The molecular formula is C25H29N3O3. The molecule has 4 amide bonds. The van der Waals surface area contributed by atoms with Crippen molar-refractivity contribution in [1.29, 1.82) is 0 Å². The maximum Gasteiger partial charge on any atom is 0.325 e. The predicted molar refractivity (Wildman–Crippen MR) is 119 cm³/mol. The zero-order chi connectivity index (χ0) is 22.3. The minimum Gasteiger partial charge on any atom is -0.338 e. The zero-order valence-electron chi connectivity index (χ0n) is 18.6. The van der Waals surface area contributed by atoms with E-state index in [4.69, 9.17) is 0 Å². The zero-order valence-corrected chi connectivity index (χ0v) is 18.6. The number of imide groups is 1. The van der Waals surface area contributed by atoms with E-state index >= 15 is 0 Å². The molecule has 0 bridgehead atoms. The summed E-state index contributed by atoms with van der Waals surface area (Å²) in [5.74, 6) is -0.197. The third-order valence-corrected chi connectivity index (χ3v) is 6.61. The average molecular weight is 420 g/mol. The molecule has 0 radical (unpaired) electrons. The number of aryl methyl sites for hydroxylation is 4. The lowest BCUT2D eigenvalue weighted by molar-refractivity contribution is -0.133. The summed E-state index contributed by atoms with van der Waals surface area (Å²) in [5.41, 5.74) is 4.91. The first kappa shape index (κ1) is 21.1. The molecule has 2 aromatic rings. The molecule has 1 spiro atoms. The van der Waals surface area contributed by atoms with Crippen molar-refractivity contribution >= 4 is 17.8 Å². The highest BCUT2D eigenvalue weighted by Gasteiger charge is 2.52. The first-order valence-corrected chi connectivity index (χ1v) is 10.8. The number of amides is 4. The molecule has 2 heterocycles. The number of rotatable bonds is 3. The van der Waals surface area contributed by atoms with E-state index in [9.17, 15) is 14.4 Å². The van der Waals surface area contributed by atoms with Crippen LogP contribution in [0.3, 0.4) is 0 Å². The Bertz CT molecular complexity index is 1070. The lowest BCUT2D eigenvalue weighted by Crippen LogP contribution is -2.55. The minimum atomic E-state index is -0.909. The Labute approximate surface area is 183 Å². The lowest BCUT2D eigenvalue weighted by Gasteiger charge is -2.37. The van der Waals surface area contributed by atoms with Gasteiger partial charge in [0.05, 0.1) is 6.54 Å². The molecule has 6 heteroatoms. The van der Waals surface area contributed by atoms with Crippen molar-refractivity contribution in [2.24, 2.45) is 0 Å². The van der Waals surface area contributed by atoms with Gasteiger partial charge in [0.1, 0.15) is 5.54 Å². The van der Waals surface area contributed by atoms with Crippen LogP contribution in [-0.4, -0.2) is 46.3 Å². The average Bonchev–Trinajstić information content (AvgIpc) is 2.96. The fraction of sp³-hybridized carbons (Fsp3) is 0.400. The van der Waals surface area contributed by atoms with Gasteiger partial charge in [-0.2, -0.15) is 0 Å². The minimum absolute atomic E-state index is 0.0138. The van der Waals surface area contributed by atoms with Gasteiger partial charge in [0.25, 0.3) is 11.8 Å². The van der Waals surface area contributed by atoms with Crippen LogP contribution in [0.2, 0.25) is 0 Å². The molecule has 4 rings (SSSR count). The Morgan fingerprint density at radius 3 is 2.23 bits per heavy atom. The molecule has 0 unspecified atom stereocenters. The molecule has 0 aromatic heterocycles. The lowest BCUT2D eigenvalue weighted by atomic mass is 9.87. The van der Waals surface area contributed by atoms with Gasteiger partial charge >= 0.3 is 6.03 Å². The number of carbonyl (C=O) groups excluding carboxylic acids is 3. The molecule has 2 saturated heterocycles. The quantitative estimate of drug-likeness (QED) is 0.772. The van der Waals surface area contributed by atoms with Gasteiger partial charge in [-0.3, -0.25) is 14.5 Å². The van der Waals surface area contributed by atoms with Gasteiger partial charge in [0.2, 0.25) is 0 Å². The van der Waals surface area contributed by atoms with E-state index in [2.05, 4.69) is 5.32 Å². The summed E-state index contributed by atoms with van der Waals surface area (Å²) < 4.78 is 0. The number of urea groups is 1. The highest BCUT2D eigenvalue weighted by atomic mass is 16.2. The number of nitrogens with zero attached hydrogens (tertiary/aromatic N) is 2. The molecule has 0 aliphatic carbocycles. The van der Waals surface area contributed by atoms with Gasteiger partial charge in [-0.05, 0) is 63.3 Å². The second-order valence-corrected chi connectivity index (χ2v) is 8.94. The number of benzene rings is 2. The van der Waals surface area contributed by atoms with Crippen LogP contribution in [0.4, 0.5) is 4.79 Å². The molecule has 31 heavy (non-hydrogen) atoms. The van der Waals surface area contributed by atoms with Crippen LogP contribution in [-0.2, 0) is 11.3 Å². The Kier molecular flexibility index (Phi) is 5.33. The van der Waals surface area contributed by atoms with Crippen molar-refractivity contribution < 1.29 is 14.4 Å². The number of hydrogen-bond donors (Lipinski definition) is 1. The van der Waals surface area contributed by atoms with Gasteiger partial charge < -0.3 is 10.2 Å². The first-order valence-electron chi connectivity index (χ1n) is 10.8. The fourth-order valence-corrected chi connectivity index (χ4v) is 4.53. The Hall–Kier alpha value is -3.15. The summed E-state index contributed by atoms with van der Waals surface area (Å²) in [4.78, 5) is 42.1. The Morgan fingerprint density at radius 2 is 1.55 bits per heavy atom. The fourth-order valence-electron chi connectivity index (χ4n) is 4.53. The summed E-state index contributed by atoms with van der Waals surface area (Å²) >= 11 is 0. The summed E-state index contributed by atoms with van der Waals surface area (Å²) in [6.45, 7) is 9.04. The molecule has 1 N–H and O–H groups in total. The van der Waals surface area contributed by atoms with Gasteiger partial charge in [0, 0.05) is 18.7 Å². The van der Waals surface area contributed by atoms with Crippen LogP contribution in [0.1, 0.15) is 51.0 Å². The standard InChI is InChI=1S/C25H29N3O3/c1-16-5-7-18(3)20(13-16)15-28-23(30)25(26-24(28)31)9-11-27(12-10-25)22(29)21-14-17(2)6-8-19(21)4/h5-8,13-14H,9-12,15H2,1-4H3,(H,26,31). The highest BCUT2D eigenvalue weighted by molar-refractivity contribution is 6.07. The summed E-state index contributed by atoms with van der Waals surface area (Å²) in [6, 6.07) is 11.6. The van der Waals surface area contributed by atoms with E-state index in [0.29, 0.717) is 31.5 Å². The van der Waals surface area contributed by atoms with Gasteiger partial charge in [-0.1, -0.05) is 41.5 Å². The Balaban J connectivity index is 1.47. The second kappa shape index (κ2) is 7.84. The van der Waals surface area contributed by atoms with Gasteiger partial charge in [-0.15, -0.1) is 0 Å². The number of hydrogen-bond acceptors (Lipinski definition) is 3. The Morgan fingerprint density at radius 1 is 0.935 bits per heavy atom. The van der Waals surface area contributed by atoms with Crippen molar-refractivity contribution in [2.45, 2.75) is 52.6 Å². The maximum atomic E-state index is 13.3. The molecule has 6 nitrogen and oxygen atoms in total. The van der Waals surface area contributed by atoms with E-state index < -0.39 is 5.54 Å². The number of likely N-dealkylation sites (tertiary alicyclic amines) is 1. The number of piperidine rings is 1. The van der Waals surface area contributed by atoms with Gasteiger partial charge in [0.15, 0.2) is 0 Å². The van der Waals surface area contributed by atoms with Crippen LogP contribution >= 0.6 is 0 Å². The monoisotopic (exact) mass is 419 g/mol. The normalized spacial score (nSPS) is 17.9. The van der Waals surface area contributed by atoms with Crippen molar-refractivity contribution in [3.63, 3.8) is 0 Å². The smallest absolute Gasteiger partial charge is 0.325 e. The third kappa shape index (κ3) is 3.82. The topological polar surface area (TPSA) is 69.7 Å². The maximum absolute atomic E-state index is 13.3. The van der Waals surface area contributed by atoms with E-state index in [-0.39, 0.29) is 24.4 Å². The molecule has 2 aromatic carbocycles. The van der Waals surface area contributed by atoms with Gasteiger partial charge in [-0.25, -0.2) is 4.79 Å². The van der Waals surface area contributed by atoms with E-state index in [1.807, 2.05) is 64.1 Å². The molecular weight excluding hydrogens is 390 g/mol. The van der Waals surface area contributed by atoms with Crippen LogP contribution in [0, 0.1) is 27.7 Å². The molecule has 2 fully saturated rings. The number of nitrogens with one attached hydrogen (secondary N) is 1. The second-order valence-electron chi connectivity index (χ2n) is 8.94. The van der Waals surface area contributed by atoms with Crippen LogP contribution in [0.5, 0.6) is 0 Å². The molecule has 0 saturated carbocycles. The predicted octanol–water partition coefficient (Wildman–Crippen LogP) is 3.65. The molecule has 2 aliphatic heterocycles. The van der Waals surface area contributed by atoms with Crippen LogP contribution < -0.4 is 5.32 Å². The van der Waals surface area contributed by atoms with Crippen molar-refractivity contribution in [2.75, 3.05) is 13.1 Å². The number of carbonyl (C=O) groups is 3. The summed E-state index contributed by atoms with van der Waals surface area (Å²) in [7, 11) is 0. The SMILES string of the molecule is Cc1ccc(C)c(CN2C(=O)NC3(CCN(C(=O)c4cc(C)ccc4C)CC3)C2=O)c1. The summed E-state index contributed by atoms with van der Waals surface area (Å²) in [5, 5.41) is 2.94. The van der Waals surface area contributed by atoms with Crippen molar-refractivity contribution in [3.05, 3.63) is 69.8 Å². The van der Waals surface area contributed by atoms with E-state index in [1.165, 1.54) is 4.90 Å². The first-order chi connectivity index (χ1) is 14.7. The van der Waals surface area contributed by atoms with E-state index in [1.54, 1.807) is 4.90 Å². The van der Waals surface area contributed by atoms with E-state index in [0.717, 1.165) is 27.8 Å². The molecule has 2 aliphatic rings. The highest BCUT2D eigenvalue weighted by Crippen LogP contribution is 2.31. The third-order valence-electron chi connectivity index (χ3n) is 6.61.